The summed E-state index contributed by atoms with van der Waals surface area (Å²) in [6.45, 7) is 9.07. The van der Waals surface area contributed by atoms with Gasteiger partial charge in [0.2, 0.25) is 4.33 Å². The molecule has 0 bridgehead atoms. The number of urea groups is 1. The number of nitrogens with zero attached hydrogens (tertiary/aromatic N) is 1. The Morgan fingerprint density at radius 1 is 1.30 bits per heavy atom. The molecule has 0 aliphatic carbocycles. The normalized spacial score (nSPS) is 26.6. The van der Waals surface area contributed by atoms with Gasteiger partial charge in [-0.3, -0.25) is 9.69 Å². The van der Waals surface area contributed by atoms with Crippen molar-refractivity contribution in [2.45, 2.75) is 63.1 Å². The molecule has 1 N–H and O–H groups in total. The summed E-state index contributed by atoms with van der Waals surface area (Å²) in [6.07, 6.45) is 1.70. The lowest BCUT2D eigenvalue weighted by Gasteiger charge is -2.49. The predicted octanol–water partition coefficient (Wildman–Crippen LogP) is 3.04. The number of hydrogen-bond donors (Lipinski definition) is 1. The summed E-state index contributed by atoms with van der Waals surface area (Å²) in [7, 11) is 0. The van der Waals surface area contributed by atoms with E-state index in [1.807, 2.05) is 6.92 Å². The van der Waals surface area contributed by atoms with Gasteiger partial charge in [-0.05, 0) is 34.1 Å². The van der Waals surface area contributed by atoms with Crippen LogP contribution in [0.15, 0.2) is 0 Å². The molecule has 1 fully saturated rings. The van der Waals surface area contributed by atoms with Crippen LogP contribution in [0.4, 0.5) is 4.79 Å². The Morgan fingerprint density at radius 2 is 1.85 bits per heavy atom. The van der Waals surface area contributed by atoms with Crippen molar-refractivity contribution < 1.29 is 14.3 Å². The van der Waals surface area contributed by atoms with Crippen LogP contribution in [0, 0.1) is 0 Å². The molecule has 0 aromatic rings. The molecule has 0 saturated carbocycles. The Labute approximate surface area is 129 Å². The number of unbranched alkanes of at least 4 members (excludes halogenated alkanes) is 1. The first-order chi connectivity index (χ1) is 8.97. The molecule has 7 heteroatoms. The molecule has 1 aliphatic rings. The quantitative estimate of drug-likeness (QED) is 0.638. The van der Waals surface area contributed by atoms with E-state index in [1.165, 1.54) is 6.92 Å². The number of rotatable bonds is 4. The lowest BCUT2D eigenvalue weighted by atomic mass is 10.00. The molecular formula is C13H22Cl2N2O3. The van der Waals surface area contributed by atoms with Crippen LogP contribution in [0.2, 0.25) is 0 Å². The highest BCUT2D eigenvalue weighted by molar-refractivity contribution is 6.60. The van der Waals surface area contributed by atoms with Gasteiger partial charge in [0.25, 0.3) is 5.91 Å². The molecule has 1 heterocycles. The first kappa shape index (κ1) is 17.5. The predicted molar refractivity (Wildman–Crippen MR) is 78.8 cm³/mol. The summed E-state index contributed by atoms with van der Waals surface area (Å²) in [5.74, 6) is -0.670. The third kappa shape index (κ3) is 3.05. The highest BCUT2D eigenvalue weighted by atomic mass is 35.5. The molecule has 3 amide bonds. The zero-order valence-corrected chi connectivity index (χ0v) is 14.1. The monoisotopic (exact) mass is 324 g/mol. The van der Waals surface area contributed by atoms with E-state index in [1.54, 1.807) is 20.8 Å². The molecule has 1 atom stereocenters. The highest BCUT2D eigenvalue weighted by Crippen LogP contribution is 2.41. The SMILES string of the molecule is CCCCO[C@@]1(C)NC(=O)N(C(C)(C)C)C(=O)C1(Cl)Cl. The Bertz CT molecular complexity index is 407. The van der Waals surface area contributed by atoms with Crippen LogP contribution in [0.1, 0.15) is 47.5 Å². The molecule has 0 spiro atoms. The van der Waals surface area contributed by atoms with Gasteiger partial charge in [0, 0.05) is 12.1 Å². The van der Waals surface area contributed by atoms with Gasteiger partial charge >= 0.3 is 6.03 Å². The zero-order valence-electron chi connectivity index (χ0n) is 12.5. The number of ether oxygens (including phenoxy) is 1. The lowest BCUT2D eigenvalue weighted by Crippen LogP contribution is -2.75. The minimum absolute atomic E-state index is 0.358. The van der Waals surface area contributed by atoms with Crippen LogP contribution in [0.25, 0.3) is 0 Å². The second-order valence-corrected chi connectivity index (χ2v) is 7.38. The molecule has 0 radical (unpaired) electrons. The van der Waals surface area contributed by atoms with Crippen molar-refractivity contribution in [3.05, 3.63) is 0 Å². The van der Waals surface area contributed by atoms with Crippen LogP contribution in [-0.2, 0) is 9.53 Å². The Morgan fingerprint density at radius 3 is 2.30 bits per heavy atom. The molecule has 5 nitrogen and oxygen atoms in total. The van der Waals surface area contributed by atoms with Gasteiger partial charge in [-0.25, -0.2) is 4.79 Å². The number of imide groups is 1. The minimum atomic E-state index is -1.87. The molecule has 1 saturated heterocycles. The van der Waals surface area contributed by atoms with Gasteiger partial charge in [-0.15, -0.1) is 0 Å². The number of amides is 3. The van der Waals surface area contributed by atoms with E-state index in [2.05, 4.69) is 5.32 Å². The molecule has 0 aromatic heterocycles. The number of nitrogens with one attached hydrogen (secondary N) is 1. The number of hydrogen-bond acceptors (Lipinski definition) is 3. The number of carbonyl (C=O) groups excluding carboxylic acids is 2. The Hall–Kier alpha value is -0.520. The smallest absolute Gasteiger partial charge is 0.326 e. The van der Waals surface area contributed by atoms with E-state index in [-0.39, 0.29) is 0 Å². The van der Waals surface area contributed by atoms with Crippen LogP contribution in [-0.4, -0.2) is 39.0 Å². The summed E-state index contributed by atoms with van der Waals surface area (Å²) in [4.78, 5) is 25.7. The molecule has 1 rings (SSSR count). The van der Waals surface area contributed by atoms with Crippen molar-refractivity contribution in [3.8, 4) is 0 Å². The highest BCUT2D eigenvalue weighted by Gasteiger charge is 2.62. The zero-order chi connectivity index (χ0) is 15.8. The first-order valence-corrected chi connectivity index (χ1v) is 7.41. The molecule has 1 aliphatic heterocycles. The fourth-order valence-corrected chi connectivity index (χ4v) is 2.30. The summed E-state index contributed by atoms with van der Waals surface area (Å²) in [6, 6.07) is -0.557. The van der Waals surface area contributed by atoms with Crippen LogP contribution in [0.5, 0.6) is 0 Å². The van der Waals surface area contributed by atoms with E-state index in [4.69, 9.17) is 27.9 Å². The van der Waals surface area contributed by atoms with Gasteiger partial charge in [0.1, 0.15) is 0 Å². The second-order valence-electron chi connectivity index (χ2n) is 6.05. The van der Waals surface area contributed by atoms with Crippen molar-refractivity contribution in [1.29, 1.82) is 0 Å². The van der Waals surface area contributed by atoms with E-state index < -0.39 is 27.5 Å². The van der Waals surface area contributed by atoms with E-state index in [9.17, 15) is 9.59 Å². The summed E-state index contributed by atoms with van der Waals surface area (Å²) in [5, 5.41) is 2.61. The van der Waals surface area contributed by atoms with Crippen LogP contribution >= 0.6 is 23.2 Å². The van der Waals surface area contributed by atoms with Crippen molar-refractivity contribution in [2.75, 3.05) is 6.61 Å². The average Bonchev–Trinajstić information content (AvgIpc) is 2.25. The third-order valence-electron chi connectivity index (χ3n) is 3.18. The van der Waals surface area contributed by atoms with Gasteiger partial charge in [0.05, 0.1) is 0 Å². The number of halogens is 2. The fourth-order valence-electron chi connectivity index (χ4n) is 1.93. The van der Waals surface area contributed by atoms with E-state index >= 15 is 0 Å². The number of carbonyl (C=O) groups is 2. The summed E-state index contributed by atoms with van der Waals surface area (Å²) in [5.41, 5.74) is -2.16. The second kappa shape index (κ2) is 5.70. The van der Waals surface area contributed by atoms with Crippen molar-refractivity contribution in [1.82, 2.24) is 10.2 Å². The largest absolute Gasteiger partial charge is 0.352 e. The average molecular weight is 325 g/mol. The maximum absolute atomic E-state index is 12.5. The van der Waals surface area contributed by atoms with Crippen LogP contribution in [0.3, 0.4) is 0 Å². The molecule has 20 heavy (non-hydrogen) atoms. The van der Waals surface area contributed by atoms with Crippen LogP contribution < -0.4 is 5.32 Å². The van der Waals surface area contributed by atoms with E-state index in [0.29, 0.717) is 6.61 Å². The van der Waals surface area contributed by atoms with Gasteiger partial charge < -0.3 is 10.1 Å². The number of alkyl halides is 2. The van der Waals surface area contributed by atoms with Crippen molar-refractivity contribution in [3.63, 3.8) is 0 Å². The summed E-state index contributed by atoms with van der Waals surface area (Å²) >= 11 is 12.4. The Kier molecular flexibility index (Phi) is 4.99. The first-order valence-electron chi connectivity index (χ1n) is 6.66. The topological polar surface area (TPSA) is 58.6 Å². The maximum atomic E-state index is 12.5. The Balaban J connectivity index is 3.05. The summed E-state index contributed by atoms with van der Waals surface area (Å²) < 4.78 is 3.71. The molecule has 116 valence electrons. The molecular weight excluding hydrogens is 303 g/mol. The van der Waals surface area contributed by atoms with Gasteiger partial charge in [-0.2, -0.15) is 0 Å². The maximum Gasteiger partial charge on any atom is 0.326 e. The standard InChI is InChI=1S/C13H22Cl2N2O3/c1-6-7-8-20-12(5)13(14,15)9(18)17(10(19)16-12)11(2,3)4/h6-8H2,1-5H3,(H,16,19)/t12-/m1/s1. The minimum Gasteiger partial charge on any atom is -0.352 e. The third-order valence-corrected chi connectivity index (χ3v) is 4.22. The fraction of sp³-hybridized carbons (Fsp3) is 0.846. The van der Waals surface area contributed by atoms with Gasteiger partial charge in [-0.1, -0.05) is 36.5 Å². The van der Waals surface area contributed by atoms with Crippen molar-refractivity contribution >= 4 is 35.1 Å². The van der Waals surface area contributed by atoms with Crippen molar-refractivity contribution in [2.24, 2.45) is 0 Å². The van der Waals surface area contributed by atoms with Gasteiger partial charge in [0.15, 0.2) is 5.72 Å². The molecule has 0 unspecified atom stereocenters. The lowest BCUT2D eigenvalue weighted by molar-refractivity contribution is -0.149. The molecule has 0 aromatic carbocycles. The van der Waals surface area contributed by atoms with E-state index in [0.717, 1.165) is 17.7 Å².